The first kappa shape index (κ1) is 21.7. The quantitative estimate of drug-likeness (QED) is 0.397. The van der Waals surface area contributed by atoms with Gasteiger partial charge in [-0.05, 0) is 54.7 Å². The maximum absolute atomic E-state index is 11.0. The average Bonchev–Trinajstić information content (AvgIpc) is 2.54. The molecule has 0 atom stereocenters. The molecular weight excluding hydrogens is 361 g/mol. The predicted octanol–water partition coefficient (Wildman–Crippen LogP) is 4.69. The second-order valence-electron chi connectivity index (χ2n) is 7.47. The van der Waals surface area contributed by atoms with Crippen LogP contribution in [0.3, 0.4) is 0 Å². The molecule has 1 amide bonds. The van der Waals surface area contributed by atoms with Crippen LogP contribution in [0.4, 0.5) is 5.82 Å². The van der Waals surface area contributed by atoms with Gasteiger partial charge in [-0.2, -0.15) is 0 Å². The molecule has 1 heterocycles. The second kappa shape index (κ2) is 9.41. The van der Waals surface area contributed by atoms with E-state index in [1.165, 1.54) is 24.4 Å². The van der Waals surface area contributed by atoms with Crippen LogP contribution in [0, 0.1) is 11.3 Å². The Labute approximate surface area is 160 Å². The lowest BCUT2D eigenvalue weighted by atomic mass is 9.71. The zero-order valence-electron chi connectivity index (χ0n) is 14.9. The van der Waals surface area contributed by atoms with Gasteiger partial charge in [-0.3, -0.25) is 10.0 Å². The van der Waals surface area contributed by atoms with Gasteiger partial charge in [-0.25, -0.2) is 10.5 Å². The van der Waals surface area contributed by atoms with E-state index in [2.05, 4.69) is 31.1 Å². The van der Waals surface area contributed by atoms with Crippen LogP contribution < -0.4 is 10.8 Å². The van der Waals surface area contributed by atoms with Crippen LogP contribution in [0.1, 0.15) is 52.0 Å². The molecule has 1 aromatic rings. The van der Waals surface area contributed by atoms with Gasteiger partial charge in [0, 0.05) is 18.3 Å². The average molecular weight is 388 g/mol. The number of pyridine rings is 1. The van der Waals surface area contributed by atoms with Crippen LogP contribution in [0.2, 0.25) is 5.02 Å². The van der Waals surface area contributed by atoms with Gasteiger partial charge in [0.05, 0.1) is 5.02 Å². The van der Waals surface area contributed by atoms with Gasteiger partial charge >= 0.3 is 0 Å². The van der Waals surface area contributed by atoms with Crippen LogP contribution in [-0.4, -0.2) is 22.1 Å². The summed E-state index contributed by atoms with van der Waals surface area (Å²) >= 11 is 6.29. The van der Waals surface area contributed by atoms with Gasteiger partial charge in [0.15, 0.2) is 0 Å². The third-order valence-electron chi connectivity index (χ3n) is 4.69. The van der Waals surface area contributed by atoms with Gasteiger partial charge in [0.2, 0.25) is 0 Å². The fraction of sp³-hybridized carbons (Fsp3) is 0.556. The summed E-state index contributed by atoms with van der Waals surface area (Å²) in [5.41, 5.74) is 2.61. The molecule has 0 unspecified atom stereocenters. The van der Waals surface area contributed by atoms with Crippen molar-refractivity contribution in [2.45, 2.75) is 52.5 Å². The Bertz CT molecular complexity index is 607. The number of hydrogen-bond acceptors (Lipinski definition) is 4. The van der Waals surface area contributed by atoms with Crippen LogP contribution in [0.25, 0.3) is 6.08 Å². The molecule has 1 aliphatic rings. The first-order valence-corrected chi connectivity index (χ1v) is 8.71. The number of hydrogen-bond donors (Lipinski definition) is 3. The Hall–Kier alpha value is -1.30. The van der Waals surface area contributed by atoms with Gasteiger partial charge in [0.1, 0.15) is 5.82 Å². The Balaban J connectivity index is 0.00000312. The highest BCUT2D eigenvalue weighted by molar-refractivity contribution is 6.33. The molecule has 0 radical (unpaired) electrons. The van der Waals surface area contributed by atoms with Crippen LogP contribution in [0.15, 0.2) is 18.3 Å². The van der Waals surface area contributed by atoms with Crippen molar-refractivity contribution in [3.05, 3.63) is 28.9 Å². The van der Waals surface area contributed by atoms with E-state index < -0.39 is 5.91 Å². The number of carbonyl (C=O) groups excluding carboxylic acids is 1. The molecule has 1 saturated carbocycles. The number of nitrogens with one attached hydrogen (secondary N) is 2. The van der Waals surface area contributed by atoms with Crippen LogP contribution in [-0.2, 0) is 4.79 Å². The van der Waals surface area contributed by atoms with E-state index in [0.29, 0.717) is 27.9 Å². The maximum atomic E-state index is 11.0. The molecule has 140 valence electrons. The zero-order valence-corrected chi connectivity index (χ0v) is 16.5. The van der Waals surface area contributed by atoms with E-state index in [1.807, 2.05) is 0 Å². The molecule has 1 aromatic heterocycles. The van der Waals surface area contributed by atoms with Crippen molar-refractivity contribution in [1.29, 1.82) is 0 Å². The Morgan fingerprint density at radius 3 is 2.48 bits per heavy atom. The third kappa shape index (κ3) is 6.49. The topological polar surface area (TPSA) is 74.2 Å². The van der Waals surface area contributed by atoms with E-state index in [4.69, 9.17) is 16.8 Å². The highest BCUT2D eigenvalue weighted by atomic mass is 35.5. The van der Waals surface area contributed by atoms with Crippen molar-refractivity contribution in [3.63, 3.8) is 0 Å². The van der Waals surface area contributed by atoms with Crippen molar-refractivity contribution in [1.82, 2.24) is 10.5 Å². The molecule has 1 fully saturated rings. The summed E-state index contributed by atoms with van der Waals surface area (Å²) in [6.45, 7) is 6.94. The van der Waals surface area contributed by atoms with Crippen molar-refractivity contribution < 1.29 is 10.0 Å². The van der Waals surface area contributed by atoms with Gasteiger partial charge in [0.25, 0.3) is 5.91 Å². The largest absolute Gasteiger partial charge is 0.366 e. The molecule has 1 aliphatic carbocycles. The third-order valence-corrected chi connectivity index (χ3v) is 4.98. The molecule has 0 aliphatic heterocycles. The summed E-state index contributed by atoms with van der Waals surface area (Å²) in [6.07, 6.45) is 9.09. The lowest BCUT2D eigenvalue weighted by Crippen LogP contribution is -2.31. The highest BCUT2D eigenvalue weighted by Gasteiger charge is 2.29. The summed E-state index contributed by atoms with van der Waals surface area (Å²) in [7, 11) is 0. The van der Waals surface area contributed by atoms with Crippen molar-refractivity contribution >= 4 is 41.8 Å². The molecule has 7 heteroatoms. The summed E-state index contributed by atoms with van der Waals surface area (Å²) < 4.78 is 0. The molecule has 25 heavy (non-hydrogen) atoms. The molecule has 3 N–H and O–H groups in total. The number of anilines is 1. The maximum Gasteiger partial charge on any atom is 0.267 e. The molecular formula is C18H27Cl2N3O2. The lowest BCUT2D eigenvalue weighted by molar-refractivity contribution is -0.124. The minimum absolute atomic E-state index is 0. The number of aromatic nitrogens is 1. The van der Waals surface area contributed by atoms with Gasteiger partial charge in [-0.1, -0.05) is 32.4 Å². The van der Waals surface area contributed by atoms with E-state index in [0.717, 1.165) is 18.8 Å². The van der Waals surface area contributed by atoms with Crippen molar-refractivity contribution in [3.8, 4) is 0 Å². The van der Waals surface area contributed by atoms with Gasteiger partial charge in [-0.15, -0.1) is 12.4 Å². The summed E-state index contributed by atoms with van der Waals surface area (Å²) in [5.74, 6) is 0.854. The predicted molar refractivity (Wildman–Crippen MR) is 104 cm³/mol. The molecule has 2 rings (SSSR count). The minimum atomic E-state index is -0.594. The molecule has 0 aromatic carbocycles. The molecule has 0 bridgehead atoms. The minimum Gasteiger partial charge on any atom is -0.366 e. The first-order chi connectivity index (χ1) is 11.3. The Morgan fingerprint density at radius 2 is 1.96 bits per heavy atom. The van der Waals surface area contributed by atoms with Crippen molar-refractivity contribution in [2.24, 2.45) is 11.3 Å². The lowest BCUT2D eigenvalue weighted by Gasteiger charge is -2.37. The number of halogens is 2. The van der Waals surface area contributed by atoms with Crippen molar-refractivity contribution in [2.75, 3.05) is 5.32 Å². The monoisotopic (exact) mass is 387 g/mol. The molecule has 0 spiro atoms. The van der Waals surface area contributed by atoms with E-state index in [1.54, 1.807) is 18.3 Å². The smallest absolute Gasteiger partial charge is 0.267 e. The molecule has 0 saturated heterocycles. The number of carbonyl (C=O) groups is 1. The van der Waals surface area contributed by atoms with E-state index >= 15 is 0 Å². The zero-order chi connectivity index (χ0) is 17.7. The number of nitrogens with zero attached hydrogens (tertiary/aromatic N) is 1. The summed E-state index contributed by atoms with van der Waals surface area (Å²) in [6, 6.07) is 2.15. The fourth-order valence-electron chi connectivity index (χ4n) is 3.16. The van der Waals surface area contributed by atoms with Crippen LogP contribution >= 0.6 is 24.0 Å². The first-order valence-electron chi connectivity index (χ1n) is 8.34. The molecule has 5 nitrogen and oxygen atoms in total. The van der Waals surface area contributed by atoms with E-state index in [9.17, 15) is 4.79 Å². The van der Waals surface area contributed by atoms with Crippen LogP contribution in [0.5, 0.6) is 0 Å². The highest BCUT2D eigenvalue weighted by Crippen LogP contribution is 2.38. The number of hydroxylamine groups is 1. The standard InChI is InChI=1S/C18H26ClN3O2.ClH/c1-18(2,3)13-5-7-14(8-6-13)21-17-15(19)10-12(11-20-17)4-9-16(23)22-24;/h4,9-11,13-14,24H,5-8H2,1-3H3,(H,20,21)(H,22,23);1H. The summed E-state index contributed by atoms with van der Waals surface area (Å²) in [4.78, 5) is 15.3. The number of rotatable bonds is 4. The second-order valence-corrected chi connectivity index (χ2v) is 7.87. The SMILES string of the molecule is CC(C)(C)C1CCC(Nc2ncc(C=CC(=O)NO)cc2Cl)CC1.Cl. The number of amides is 1. The fourth-order valence-corrected chi connectivity index (χ4v) is 3.39. The van der Waals surface area contributed by atoms with Gasteiger partial charge < -0.3 is 5.32 Å². The summed E-state index contributed by atoms with van der Waals surface area (Å²) in [5, 5.41) is 12.4. The Kier molecular flexibility index (Phi) is 8.19. The normalized spacial score (nSPS) is 20.8. The van der Waals surface area contributed by atoms with E-state index in [-0.39, 0.29) is 12.4 Å². The Morgan fingerprint density at radius 1 is 1.32 bits per heavy atom.